The number of nitrogens with two attached hydrogens (primary N) is 2. The predicted molar refractivity (Wildman–Crippen MR) is 287 cm³/mol. The van der Waals surface area contributed by atoms with Crippen molar-refractivity contribution in [2.24, 2.45) is 39.5 Å². The molecule has 9 atom stereocenters. The highest BCUT2D eigenvalue weighted by molar-refractivity contribution is 6.01. The second-order valence-electron chi connectivity index (χ2n) is 23.4. The summed E-state index contributed by atoms with van der Waals surface area (Å²) in [4.78, 5) is 95.4. The van der Waals surface area contributed by atoms with Gasteiger partial charge < -0.3 is 47.9 Å². The number of urea groups is 1. The van der Waals surface area contributed by atoms with Gasteiger partial charge in [0.25, 0.3) is 0 Å². The lowest BCUT2D eigenvalue weighted by atomic mass is 9.41. The predicted octanol–water partition coefficient (Wildman–Crippen LogP) is 7.60. The third-order valence-electron chi connectivity index (χ3n) is 18.5. The number of phenols is 1. The first-order valence-electron chi connectivity index (χ1n) is 26.8. The number of alkyl carbamates (subject to hydrolysis) is 1. The number of primary amides is 1. The minimum atomic E-state index is -0.967. The number of benzene rings is 3. The van der Waals surface area contributed by atoms with E-state index >= 15 is 9.59 Å². The average molecular weight is 1030 g/mol. The second kappa shape index (κ2) is 22.0. The van der Waals surface area contributed by atoms with Crippen LogP contribution in [0.25, 0.3) is 0 Å². The fourth-order valence-corrected chi connectivity index (χ4v) is 13.6. The Bertz CT molecular complexity index is 2700. The number of anilines is 2. The van der Waals surface area contributed by atoms with Crippen LogP contribution in [0.5, 0.6) is 5.75 Å². The fraction of sp³-hybridized carbons (Fsp3) is 0.569. The maximum atomic E-state index is 15.3. The van der Waals surface area contributed by atoms with Crippen LogP contribution in [0.2, 0.25) is 0 Å². The molecule has 0 radical (unpaired) electrons. The maximum Gasteiger partial charge on any atom is 0.408 e. The normalized spacial score (nSPS) is 26.8. The van der Waals surface area contributed by atoms with Gasteiger partial charge in [0.15, 0.2) is 0 Å². The van der Waals surface area contributed by atoms with Gasteiger partial charge in [-0.25, -0.2) is 9.59 Å². The van der Waals surface area contributed by atoms with E-state index in [0.717, 1.165) is 68.1 Å². The van der Waals surface area contributed by atoms with Crippen LogP contribution >= 0.6 is 0 Å². The van der Waals surface area contributed by atoms with Crippen molar-refractivity contribution in [2.45, 2.75) is 168 Å². The number of hydrogen-bond acceptors (Lipinski definition) is 10. The van der Waals surface area contributed by atoms with Gasteiger partial charge in [0.1, 0.15) is 24.4 Å². The molecule has 2 saturated carbocycles. The first-order valence-corrected chi connectivity index (χ1v) is 26.8. The summed E-state index contributed by atoms with van der Waals surface area (Å²) in [7, 11) is 1.69. The van der Waals surface area contributed by atoms with Gasteiger partial charge in [-0.05, 0) is 163 Å². The smallest absolute Gasteiger partial charge is 0.408 e. The first-order chi connectivity index (χ1) is 35.3. The number of ether oxygens (including phenoxy) is 1. The van der Waals surface area contributed by atoms with E-state index in [1.807, 2.05) is 30.3 Å². The van der Waals surface area contributed by atoms with E-state index in [0.29, 0.717) is 36.2 Å². The average Bonchev–Trinajstić information content (AvgIpc) is 3.36. The number of hydrogen-bond donors (Lipinski definition) is 8. The van der Waals surface area contributed by atoms with Crippen molar-refractivity contribution in [1.82, 2.24) is 20.9 Å². The van der Waals surface area contributed by atoms with E-state index in [1.165, 1.54) is 10.5 Å². The lowest BCUT2D eigenvalue weighted by molar-refractivity contribution is -0.171. The molecule has 0 spiro atoms. The number of nitrogens with zero attached hydrogens (tertiary/aromatic N) is 1. The van der Waals surface area contributed by atoms with Crippen molar-refractivity contribution in [3.63, 3.8) is 0 Å². The highest BCUT2D eigenvalue weighted by Crippen LogP contribution is 2.66. The number of fused-ring (bicyclic) bond motifs is 6. The van der Waals surface area contributed by atoms with E-state index in [-0.39, 0.29) is 54.4 Å². The molecular formula is C58H80N8O9. The van der Waals surface area contributed by atoms with Gasteiger partial charge in [-0.1, -0.05) is 85.6 Å². The molecule has 0 aromatic heterocycles. The van der Waals surface area contributed by atoms with Gasteiger partial charge in [-0.15, -0.1) is 0 Å². The second-order valence-corrected chi connectivity index (χ2v) is 23.4. The molecule has 406 valence electrons. The minimum absolute atomic E-state index is 0.0135. The lowest BCUT2D eigenvalue weighted by Crippen LogP contribution is -2.64. The molecule has 7 rings (SSSR count). The molecule has 3 aromatic rings. The molecule has 0 saturated heterocycles. The number of carbonyl (C=O) groups is 7. The van der Waals surface area contributed by atoms with Crippen molar-refractivity contribution in [3.8, 4) is 5.75 Å². The summed E-state index contributed by atoms with van der Waals surface area (Å²) in [5.74, 6) is -1.58. The molecule has 0 bridgehead atoms. The summed E-state index contributed by atoms with van der Waals surface area (Å²) >= 11 is 0. The van der Waals surface area contributed by atoms with Gasteiger partial charge in [0.05, 0.1) is 16.9 Å². The molecule has 8 amide bonds. The van der Waals surface area contributed by atoms with E-state index in [4.69, 9.17) is 16.2 Å². The maximum absolute atomic E-state index is 15.3. The Morgan fingerprint density at radius 1 is 0.747 bits per heavy atom. The van der Waals surface area contributed by atoms with Crippen LogP contribution in [0.4, 0.5) is 21.0 Å². The Balaban J connectivity index is 0.956. The summed E-state index contributed by atoms with van der Waals surface area (Å²) in [5.41, 5.74) is 14.4. The zero-order valence-electron chi connectivity index (χ0n) is 45.4. The largest absolute Gasteiger partial charge is 0.508 e. The van der Waals surface area contributed by atoms with Crippen molar-refractivity contribution in [2.75, 3.05) is 24.2 Å². The summed E-state index contributed by atoms with van der Waals surface area (Å²) in [5, 5.41) is 24.1. The van der Waals surface area contributed by atoms with Crippen LogP contribution in [0, 0.1) is 28.1 Å². The third-order valence-corrected chi connectivity index (χ3v) is 18.5. The molecule has 0 unspecified atom stereocenters. The van der Waals surface area contributed by atoms with Crippen molar-refractivity contribution < 1.29 is 43.4 Å². The van der Waals surface area contributed by atoms with Crippen LogP contribution in [0.15, 0.2) is 60.7 Å². The van der Waals surface area contributed by atoms with Gasteiger partial charge in [-0.2, -0.15) is 0 Å². The zero-order valence-corrected chi connectivity index (χ0v) is 45.4. The van der Waals surface area contributed by atoms with E-state index in [2.05, 4.69) is 61.2 Å². The van der Waals surface area contributed by atoms with Crippen LogP contribution < -0.4 is 38.1 Å². The van der Waals surface area contributed by atoms with Crippen molar-refractivity contribution >= 4 is 53.0 Å². The SMILES string of the molecule is CC(C)[C@H](N)C(=O)N[C@@H](CCCNC(N)=O)C(=O)Nc1ccc(COC(=O)N[C@@H](C)C(=O)Nc2ccc3c(c2)[C@@]2(C)CCC[C@](C)(C(=O)N(C)C(=O)[C@@]4(C)CCC[C@]5(C)c6cc(O)ccc6CC[C@@H]45)[C@]2(C)CC3)cc1. The Kier molecular flexibility index (Phi) is 16.5. The molecule has 17 nitrogen and oxygen atoms in total. The van der Waals surface area contributed by atoms with Crippen LogP contribution in [0.1, 0.15) is 147 Å². The lowest BCUT2D eigenvalue weighted by Gasteiger charge is -2.63. The molecule has 75 heavy (non-hydrogen) atoms. The number of nitrogens with one attached hydrogen (secondary N) is 5. The molecule has 17 heteroatoms. The fourth-order valence-electron chi connectivity index (χ4n) is 13.6. The summed E-state index contributed by atoms with van der Waals surface area (Å²) < 4.78 is 5.45. The van der Waals surface area contributed by atoms with Gasteiger partial charge in [0.2, 0.25) is 29.5 Å². The van der Waals surface area contributed by atoms with E-state index in [9.17, 15) is 29.1 Å². The van der Waals surface area contributed by atoms with Crippen LogP contribution in [-0.4, -0.2) is 83.4 Å². The highest BCUT2D eigenvalue weighted by atomic mass is 16.5. The molecule has 3 aromatic carbocycles. The summed E-state index contributed by atoms with van der Waals surface area (Å²) in [6, 6.07) is 14.7. The van der Waals surface area contributed by atoms with Gasteiger partial charge in [0, 0.05) is 25.0 Å². The van der Waals surface area contributed by atoms with Crippen LogP contribution in [-0.2, 0) is 59.0 Å². The number of aromatic hydroxyl groups is 1. The molecule has 4 aliphatic rings. The topological polar surface area (TPSA) is 264 Å². The Labute approximate surface area is 441 Å². The number of phenolic OH excluding ortho intramolecular Hbond substituents is 1. The first kappa shape index (κ1) is 56.2. The molecular weight excluding hydrogens is 953 g/mol. The third kappa shape index (κ3) is 11.0. The molecule has 2 fully saturated rings. The Hall–Kier alpha value is -6.49. The minimum Gasteiger partial charge on any atom is -0.508 e. The number of carbonyl (C=O) groups excluding carboxylic acids is 7. The quantitative estimate of drug-likeness (QED) is 0.0514. The molecule has 0 aliphatic heterocycles. The molecule has 0 heterocycles. The molecule has 10 N–H and O–H groups in total. The summed E-state index contributed by atoms with van der Waals surface area (Å²) in [6.07, 6.45) is 7.64. The number of rotatable bonds is 16. The van der Waals surface area contributed by atoms with Gasteiger partial charge in [-0.3, -0.25) is 28.9 Å². The van der Waals surface area contributed by atoms with Crippen molar-refractivity contribution in [3.05, 3.63) is 88.5 Å². The number of amides is 8. The van der Waals surface area contributed by atoms with E-state index < -0.39 is 69.6 Å². The van der Waals surface area contributed by atoms with E-state index in [1.54, 1.807) is 58.2 Å². The van der Waals surface area contributed by atoms with Gasteiger partial charge >= 0.3 is 12.1 Å². The van der Waals surface area contributed by atoms with Crippen molar-refractivity contribution in [1.29, 1.82) is 0 Å². The zero-order chi connectivity index (χ0) is 54.8. The summed E-state index contributed by atoms with van der Waals surface area (Å²) in [6.45, 7) is 16.1. The number of aryl methyl sites for hydroxylation is 2. The Morgan fingerprint density at radius 3 is 2.09 bits per heavy atom. The molecule has 4 aliphatic carbocycles. The highest BCUT2D eigenvalue weighted by Gasteiger charge is 2.65. The van der Waals surface area contributed by atoms with Crippen LogP contribution in [0.3, 0.4) is 0 Å². The number of imide groups is 1. The Morgan fingerprint density at radius 2 is 1.40 bits per heavy atom. The standard InChI is InChI=1S/C58H80N8O9/c1-34(2)46(59)49(70)65-44(13-10-30-61-52(60)73)48(69)63-39-19-14-36(15-20-39)33-75-53(74)62-35(3)47(68)64-40-21-16-38-24-29-58(8)56(6,43(38)31-40)27-12-28-57(58,7)51(72)66(9)50(71)55(5)26-11-25-54(4)42-32-41(67)22-17-37(42)18-23-45(54)55/h14-17,19-22,31-32,34-35,44-46,67H,10-13,18,23-30,33,59H2,1-9H3,(H,62,74)(H,63,69)(H,64,68)(H,65,70)(H3,60,61,73)/t35-,44-,45+,46-,54+,55-,56+,57+,58+/m0/s1. The monoisotopic (exact) mass is 1030 g/mol.